The minimum Gasteiger partial charge on any atom is -0.493 e. The maximum atomic E-state index is 8.53. The Morgan fingerprint density at radius 2 is 2.00 bits per heavy atom. The first-order valence-corrected chi connectivity index (χ1v) is 6.83. The van der Waals surface area contributed by atoms with Crippen molar-refractivity contribution in [3.63, 3.8) is 0 Å². The molecule has 0 fully saturated rings. The van der Waals surface area contributed by atoms with Gasteiger partial charge in [0.15, 0.2) is 18.1 Å². The number of hydrazone groups is 1. The predicted molar refractivity (Wildman–Crippen MR) is 86.8 cm³/mol. The van der Waals surface area contributed by atoms with Crippen LogP contribution >= 0.6 is 11.6 Å². The molecule has 0 radical (unpaired) electrons. The quantitative estimate of drug-likeness (QED) is 0.652. The fourth-order valence-electron chi connectivity index (χ4n) is 1.70. The van der Waals surface area contributed by atoms with Crippen molar-refractivity contribution < 1.29 is 9.47 Å². The third-order valence-electron chi connectivity index (χ3n) is 2.73. The van der Waals surface area contributed by atoms with Crippen LogP contribution in [0, 0.1) is 11.3 Å². The molecular formula is C16H14ClN3O2. The Morgan fingerprint density at radius 3 is 2.68 bits per heavy atom. The van der Waals surface area contributed by atoms with Gasteiger partial charge in [-0.2, -0.15) is 10.4 Å². The normalized spacial score (nSPS) is 10.2. The van der Waals surface area contributed by atoms with Gasteiger partial charge in [0.2, 0.25) is 0 Å². The van der Waals surface area contributed by atoms with Crippen LogP contribution in [0.15, 0.2) is 47.6 Å². The summed E-state index contributed by atoms with van der Waals surface area (Å²) in [6, 6.07) is 14.5. The van der Waals surface area contributed by atoms with Gasteiger partial charge in [0.05, 0.1) is 19.0 Å². The van der Waals surface area contributed by atoms with Gasteiger partial charge in [-0.15, -0.1) is 0 Å². The molecule has 2 aromatic rings. The van der Waals surface area contributed by atoms with Crippen molar-refractivity contribution in [2.75, 3.05) is 19.1 Å². The average Bonchev–Trinajstić information content (AvgIpc) is 2.55. The molecule has 112 valence electrons. The molecule has 0 saturated heterocycles. The monoisotopic (exact) mass is 315 g/mol. The molecule has 0 spiro atoms. The number of hydrogen-bond acceptors (Lipinski definition) is 5. The molecule has 0 aliphatic carbocycles. The average molecular weight is 316 g/mol. The lowest BCUT2D eigenvalue weighted by Crippen LogP contribution is -1.98. The summed E-state index contributed by atoms with van der Waals surface area (Å²) in [5, 5.41) is 13.3. The second kappa shape index (κ2) is 7.91. The Balaban J connectivity index is 2.04. The number of rotatable bonds is 6. The maximum Gasteiger partial charge on any atom is 0.174 e. The summed E-state index contributed by atoms with van der Waals surface area (Å²) in [7, 11) is 1.54. The van der Waals surface area contributed by atoms with E-state index in [9.17, 15) is 0 Å². The Labute approximate surface area is 133 Å². The fraction of sp³-hybridized carbons (Fsp3) is 0.125. The van der Waals surface area contributed by atoms with E-state index in [0.717, 1.165) is 11.3 Å². The number of nitrogens with zero attached hydrogens (tertiary/aromatic N) is 2. The van der Waals surface area contributed by atoms with Gasteiger partial charge in [-0.25, -0.2) is 0 Å². The summed E-state index contributed by atoms with van der Waals surface area (Å²) in [4.78, 5) is 0. The van der Waals surface area contributed by atoms with Crippen molar-refractivity contribution in [2.45, 2.75) is 0 Å². The van der Waals surface area contributed by atoms with Crippen LogP contribution in [0.25, 0.3) is 0 Å². The number of halogens is 1. The minimum absolute atomic E-state index is 0.0259. The molecule has 22 heavy (non-hydrogen) atoms. The van der Waals surface area contributed by atoms with E-state index in [0.29, 0.717) is 16.5 Å². The highest BCUT2D eigenvalue weighted by molar-refractivity contribution is 6.30. The van der Waals surface area contributed by atoms with E-state index in [1.54, 1.807) is 37.6 Å². The molecule has 0 saturated carbocycles. The summed E-state index contributed by atoms with van der Waals surface area (Å²) >= 11 is 5.81. The summed E-state index contributed by atoms with van der Waals surface area (Å²) < 4.78 is 10.5. The summed E-state index contributed by atoms with van der Waals surface area (Å²) in [5.41, 5.74) is 4.57. The van der Waals surface area contributed by atoms with Crippen molar-refractivity contribution in [1.82, 2.24) is 0 Å². The molecule has 0 bridgehead atoms. The number of methoxy groups -OCH3 is 1. The van der Waals surface area contributed by atoms with Crippen molar-refractivity contribution in [1.29, 1.82) is 5.26 Å². The van der Waals surface area contributed by atoms with E-state index >= 15 is 0 Å². The molecule has 5 nitrogen and oxygen atoms in total. The smallest absolute Gasteiger partial charge is 0.174 e. The van der Waals surface area contributed by atoms with Crippen LogP contribution in [0.4, 0.5) is 5.69 Å². The third-order valence-corrected chi connectivity index (χ3v) is 2.98. The van der Waals surface area contributed by atoms with Gasteiger partial charge >= 0.3 is 0 Å². The van der Waals surface area contributed by atoms with Gasteiger partial charge in [0.1, 0.15) is 6.07 Å². The van der Waals surface area contributed by atoms with Crippen LogP contribution in [-0.4, -0.2) is 19.9 Å². The van der Waals surface area contributed by atoms with Gasteiger partial charge in [0.25, 0.3) is 0 Å². The molecule has 2 rings (SSSR count). The highest BCUT2D eigenvalue weighted by Crippen LogP contribution is 2.27. The zero-order chi connectivity index (χ0) is 15.8. The van der Waals surface area contributed by atoms with Gasteiger partial charge in [-0.3, -0.25) is 5.43 Å². The van der Waals surface area contributed by atoms with Gasteiger partial charge in [-0.05, 0) is 48.0 Å². The van der Waals surface area contributed by atoms with E-state index in [1.165, 1.54) is 0 Å². The predicted octanol–water partition coefficient (Wildman–Crippen LogP) is 3.70. The van der Waals surface area contributed by atoms with E-state index in [1.807, 2.05) is 24.3 Å². The van der Waals surface area contributed by atoms with E-state index in [-0.39, 0.29) is 6.61 Å². The molecule has 0 unspecified atom stereocenters. The van der Waals surface area contributed by atoms with Crippen molar-refractivity contribution in [3.8, 4) is 17.6 Å². The number of nitriles is 1. The number of hydrogen-bond donors (Lipinski definition) is 1. The molecule has 2 aromatic carbocycles. The molecule has 0 aliphatic heterocycles. The molecule has 0 aromatic heterocycles. The van der Waals surface area contributed by atoms with E-state index < -0.39 is 0 Å². The van der Waals surface area contributed by atoms with Crippen LogP contribution in [0.2, 0.25) is 5.02 Å². The number of benzene rings is 2. The highest BCUT2D eigenvalue weighted by Gasteiger charge is 2.04. The van der Waals surface area contributed by atoms with E-state index in [4.69, 9.17) is 26.3 Å². The lowest BCUT2D eigenvalue weighted by Gasteiger charge is -2.08. The Kier molecular flexibility index (Phi) is 5.64. The van der Waals surface area contributed by atoms with Crippen LogP contribution < -0.4 is 14.9 Å². The molecule has 6 heteroatoms. The van der Waals surface area contributed by atoms with Crippen LogP contribution in [0.1, 0.15) is 5.56 Å². The maximum absolute atomic E-state index is 8.53. The second-order valence-electron chi connectivity index (χ2n) is 4.23. The zero-order valence-corrected chi connectivity index (χ0v) is 12.7. The van der Waals surface area contributed by atoms with Crippen LogP contribution in [0.5, 0.6) is 11.5 Å². The largest absolute Gasteiger partial charge is 0.493 e. The summed E-state index contributed by atoms with van der Waals surface area (Å²) in [6.45, 7) is -0.0259. The van der Waals surface area contributed by atoms with Crippen molar-refractivity contribution in [2.24, 2.45) is 5.10 Å². The third kappa shape index (κ3) is 4.40. The molecule has 0 aliphatic rings. The summed E-state index contributed by atoms with van der Waals surface area (Å²) in [5.74, 6) is 1.07. The van der Waals surface area contributed by atoms with Crippen LogP contribution in [0.3, 0.4) is 0 Å². The highest BCUT2D eigenvalue weighted by atomic mass is 35.5. The summed E-state index contributed by atoms with van der Waals surface area (Å²) in [6.07, 6.45) is 1.66. The molecule has 0 heterocycles. The lowest BCUT2D eigenvalue weighted by molar-refractivity contribution is 0.329. The SMILES string of the molecule is COc1cc(/C=N/Nc2ccc(Cl)cc2)ccc1OCC#N. The van der Waals surface area contributed by atoms with Gasteiger partial charge < -0.3 is 9.47 Å². The first kappa shape index (κ1) is 15.7. The first-order valence-electron chi connectivity index (χ1n) is 6.45. The number of nitrogens with one attached hydrogen (secondary N) is 1. The topological polar surface area (TPSA) is 66.6 Å². The van der Waals surface area contributed by atoms with E-state index in [2.05, 4.69) is 10.5 Å². The Hall–Kier alpha value is -2.71. The Bertz CT molecular complexity index is 694. The Morgan fingerprint density at radius 1 is 1.23 bits per heavy atom. The minimum atomic E-state index is -0.0259. The van der Waals surface area contributed by atoms with Crippen molar-refractivity contribution in [3.05, 3.63) is 53.1 Å². The first-order chi connectivity index (χ1) is 10.7. The lowest BCUT2D eigenvalue weighted by atomic mass is 10.2. The molecular weight excluding hydrogens is 302 g/mol. The zero-order valence-electron chi connectivity index (χ0n) is 11.9. The number of ether oxygens (including phenoxy) is 2. The standard InChI is InChI=1S/C16H14ClN3O2/c1-21-16-10-12(2-7-15(16)22-9-8-18)11-19-20-14-5-3-13(17)4-6-14/h2-7,10-11,20H,9H2,1H3/b19-11+. The van der Waals surface area contributed by atoms with Crippen molar-refractivity contribution >= 4 is 23.5 Å². The van der Waals surface area contributed by atoms with Gasteiger partial charge in [0, 0.05) is 5.02 Å². The van der Waals surface area contributed by atoms with Crippen LogP contribution in [-0.2, 0) is 0 Å². The molecule has 1 N–H and O–H groups in total. The molecule has 0 atom stereocenters. The fourth-order valence-corrected chi connectivity index (χ4v) is 1.83. The van der Waals surface area contributed by atoms with Gasteiger partial charge in [-0.1, -0.05) is 11.6 Å². The second-order valence-corrected chi connectivity index (χ2v) is 4.67. The molecule has 0 amide bonds. The number of anilines is 1.